The van der Waals surface area contributed by atoms with Gasteiger partial charge in [-0.2, -0.15) is 0 Å². The Hall–Kier alpha value is -1.45. The molecule has 0 saturated heterocycles. The average molecular weight is 253 g/mol. The van der Waals surface area contributed by atoms with Crippen molar-refractivity contribution in [3.05, 3.63) is 46.3 Å². The highest BCUT2D eigenvalue weighted by atomic mass is 35.5. The Kier molecular flexibility index (Phi) is 3.17. The van der Waals surface area contributed by atoms with Crippen molar-refractivity contribution in [1.29, 1.82) is 0 Å². The van der Waals surface area contributed by atoms with E-state index in [2.05, 4.69) is 9.97 Å². The van der Waals surface area contributed by atoms with E-state index in [0.717, 1.165) is 0 Å². The third-order valence-corrected chi connectivity index (χ3v) is 2.89. The second-order valence-corrected chi connectivity index (χ2v) is 3.83. The van der Waals surface area contributed by atoms with Crippen LogP contribution in [0.1, 0.15) is 10.4 Å². The number of hydrogen-bond acceptors (Lipinski definition) is 3. The molecular formula is C11H6Cl2N2O. The smallest absolute Gasteiger partial charge is 0.153 e. The van der Waals surface area contributed by atoms with E-state index in [1.165, 1.54) is 12.5 Å². The van der Waals surface area contributed by atoms with Gasteiger partial charge in [-0.3, -0.25) is 4.79 Å². The highest BCUT2D eigenvalue weighted by Gasteiger charge is 2.11. The highest BCUT2D eigenvalue weighted by Crippen LogP contribution is 2.33. The molecule has 0 radical (unpaired) electrons. The summed E-state index contributed by atoms with van der Waals surface area (Å²) < 4.78 is 0. The number of aromatic nitrogens is 2. The molecule has 0 aliphatic carbocycles. The topological polar surface area (TPSA) is 42.9 Å². The third-order valence-electron chi connectivity index (χ3n) is 2.07. The maximum Gasteiger partial charge on any atom is 0.153 e. The Morgan fingerprint density at radius 2 is 2.06 bits per heavy atom. The first-order valence-corrected chi connectivity index (χ1v) is 5.19. The van der Waals surface area contributed by atoms with Crippen molar-refractivity contribution in [2.45, 2.75) is 0 Å². The van der Waals surface area contributed by atoms with Crippen molar-refractivity contribution in [2.24, 2.45) is 0 Å². The molecule has 0 spiro atoms. The van der Waals surface area contributed by atoms with Gasteiger partial charge in [-0.1, -0.05) is 35.3 Å². The molecule has 0 aliphatic heterocycles. The summed E-state index contributed by atoms with van der Waals surface area (Å²) >= 11 is 11.9. The summed E-state index contributed by atoms with van der Waals surface area (Å²) in [4.78, 5) is 18.7. The lowest BCUT2D eigenvalue weighted by Gasteiger charge is -2.06. The fourth-order valence-corrected chi connectivity index (χ4v) is 1.73. The van der Waals surface area contributed by atoms with Gasteiger partial charge in [0.05, 0.1) is 21.3 Å². The number of nitrogens with zero attached hydrogens (tertiary/aromatic N) is 2. The maximum atomic E-state index is 10.8. The first kappa shape index (κ1) is 11.0. The van der Waals surface area contributed by atoms with Gasteiger partial charge in [-0.25, -0.2) is 9.97 Å². The van der Waals surface area contributed by atoms with E-state index in [1.54, 1.807) is 18.2 Å². The van der Waals surface area contributed by atoms with Crippen molar-refractivity contribution in [1.82, 2.24) is 9.97 Å². The predicted octanol–water partition coefficient (Wildman–Crippen LogP) is 3.26. The highest BCUT2D eigenvalue weighted by molar-refractivity contribution is 6.43. The van der Waals surface area contributed by atoms with Crippen molar-refractivity contribution in [3.63, 3.8) is 0 Å². The summed E-state index contributed by atoms with van der Waals surface area (Å²) in [5.41, 5.74) is 1.49. The molecule has 1 aromatic heterocycles. The third kappa shape index (κ3) is 1.92. The van der Waals surface area contributed by atoms with Crippen LogP contribution in [0.5, 0.6) is 0 Å². The fraction of sp³-hybridized carbons (Fsp3) is 0. The molecule has 0 aliphatic rings. The monoisotopic (exact) mass is 252 g/mol. The quantitative estimate of drug-likeness (QED) is 0.771. The van der Waals surface area contributed by atoms with E-state index in [-0.39, 0.29) is 0 Å². The van der Waals surface area contributed by atoms with E-state index >= 15 is 0 Å². The van der Waals surface area contributed by atoms with Crippen LogP contribution in [0.4, 0.5) is 0 Å². The first-order chi connectivity index (χ1) is 7.74. The largest absolute Gasteiger partial charge is 0.298 e. The minimum absolute atomic E-state index is 0.381. The number of hydrogen-bond donors (Lipinski definition) is 0. The summed E-state index contributed by atoms with van der Waals surface area (Å²) in [6, 6.07) is 5.18. The molecule has 2 aromatic rings. The molecule has 3 nitrogen and oxygen atoms in total. The molecule has 0 fully saturated rings. The molecule has 80 valence electrons. The van der Waals surface area contributed by atoms with Gasteiger partial charge >= 0.3 is 0 Å². The normalized spacial score (nSPS) is 10.1. The summed E-state index contributed by atoms with van der Waals surface area (Å²) in [6.45, 7) is 0. The van der Waals surface area contributed by atoms with Gasteiger partial charge in [-0.05, 0) is 6.07 Å². The number of benzene rings is 1. The predicted molar refractivity (Wildman–Crippen MR) is 62.9 cm³/mol. The van der Waals surface area contributed by atoms with Crippen molar-refractivity contribution < 1.29 is 4.79 Å². The Morgan fingerprint density at radius 1 is 1.25 bits per heavy atom. The second-order valence-electron chi connectivity index (χ2n) is 3.05. The number of rotatable bonds is 2. The van der Waals surface area contributed by atoms with Crippen molar-refractivity contribution in [2.75, 3.05) is 0 Å². The Bertz CT molecular complexity index is 543. The lowest BCUT2D eigenvalue weighted by atomic mass is 10.1. The zero-order chi connectivity index (χ0) is 11.5. The van der Waals surface area contributed by atoms with Gasteiger partial charge in [0.2, 0.25) is 0 Å². The van der Waals surface area contributed by atoms with Crippen LogP contribution in [-0.4, -0.2) is 16.3 Å². The van der Waals surface area contributed by atoms with Gasteiger partial charge in [0.25, 0.3) is 0 Å². The van der Waals surface area contributed by atoms with E-state index in [1.807, 2.05) is 0 Å². The lowest BCUT2D eigenvalue weighted by Crippen LogP contribution is -1.93. The molecule has 0 bridgehead atoms. The van der Waals surface area contributed by atoms with Crippen LogP contribution in [-0.2, 0) is 0 Å². The molecule has 0 saturated carbocycles. The lowest BCUT2D eigenvalue weighted by molar-refractivity contribution is 0.112. The summed E-state index contributed by atoms with van der Waals surface area (Å²) in [7, 11) is 0. The second kappa shape index (κ2) is 4.60. The number of aldehydes is 1. The van der Waals surface area contributed by atoms with Gasteiger partial charge < -0.3 is 0 Å². The SMILES string of the molecule is O=Cc1cncnc1-c1cccc(Cl)c1Cl. The van der Waals surface area contributed by atoms with E-state index in [9.17, 15) is 4.79 Å². The molecule has 2 rings (SSSR count). The molecule has 0 atom stereocenters. The van der Waals surface area contributed by atoms with Gasteiger partial charge in [-0.15, -0.1) is 0 Å². The van der Waals surface area contributed by atoms with Crippen LogP contribution in [0.15, 0.2) is 30.7 Å². The first-order valence-electron chi connectivity index (χ1n) is 4.43. The molecule has 5 heteroatoms. The van der Waals surface area contributed by atoms with Crippen LogP contribution in [0, 0.1) is 0 Å². The Balaban J connectivity index is 2.67. The van der Waals surface area contributed by atoms with Gasteiger partial charge in [0.15, 0.2) is 6.29 Å². The molecule has 0 amide bonds. The van der Waals surface area contributed by atoms with E-state index in [4.69, 9.17) is 23.2 Å². The Morgan fingerprint density at radius 3 is 2.81 bits per heavy atom. The minimum atomic E-state index is 0.381. The van der Waals surface area contributed by atoms with Crippen LogP contribution >= 0.6 is 23.2 Å². The standard InChI is InChI=1S/C11H6Cl2N2O/c12-9-3-1-2-8(10(9)13)11-7(5-16)4-14-6-15-11/h1-6H. The Labute approximate surface area is 102 Å². The number of carbonyl (C=O) groups excluding carboxylic acids is 1. The van der Waals surface area contributed by atoms with Crippen molar-refractivity contribution >= 4 is 29.5 Å². The maximum absolute atomic E-state index is 10.8. The minimum Gasteiger partial charge on any atom is -0.298 e. The fourth-order valence-electron chi connectivity index (χ4n) is 1.34. The summed E-state index contributed by atoms with van der Waals surface area (Å²) in [6.07, 6.45) is 3.48. The van der Waals surface area contributed by atoms with Crippen LogP contribution in [0.25, 0.3) is 11.3 Å². The molecule has 16 heavy (non-hydrogen) atoms. The number of halogens is 2. The molecular weight excluding hydrogens is 247 g/mol. The molecule has 1 heterocycles. The van der Waals surface area contributed by atoms with E-state index in [0.29, 0.717) is 33.2 Å². The molecule has 0 unspecified atom stereocenters. The molecule has 0 N–H and O–H groups in total. The summed E-state index contributed by atoms with van der Waals surface area (Å²) in [5.74, 6) is 0. The zero-order valence-corrected chi connectivity index (χ0v) is 9.53. The van der Waals surface area contributed by atoms with Gasteiger partial charge in [0, 0.05) is 11.8 Å². The van der Waals surface area contributed by atoms with Crippen molar-refractivity contribution in [3.8, 4) is 11.3 Å². The average Bonchev–Trinajstić information content (AvgIpc) is 2.33. The molecule has 1 aromatic carbocycles. The number of carbonyl (C=O) groups is 1. The van der Waals surface area contributed by atoms with Crippen LogP contribution in [0.3, 0.4) is 0 Å². The van der Waals surface area contributed by atoms with Crippen LogP contribution < -0.4 is 0 Å². The van der Waals surface area contributed by atoms with Crippen LogP contribution in [0.2, 0.25) is 10.0 Å². The van der Waals surface area contributed by atoms with Gasteiger partial charge in [0.1, 0.15) is 6.33 Å². The van der Waals surface area contributed by atoms with E-state index < -0.39 is 0 Å². The summed E-state index contributed by atoms with van der Waals surface area (Å²) in [5, 5.41) is 0.806. The zero-order valence-electron chi connectivity index (χ0n) is 8.02.